The van der Waals surface area contributed by atoms with Crippen molar-refractivity contribution in [3.63, 3.8) is 0 Å². The molecule has 0 saturated carbocycles. The van der Waals surface area contributed by atoms with Crippen LogP contribution in [-0.2, 0) is 20.9 Å². The molecule has 0 aliphatic heterocycles. The van der Waals surface area contributed by atoms with E-state index in [1.807, 2.05) is 6.07 Å². The predicted molar refractivity (Wildman–Crippen MR) is 61.4 cm³/mol. The smallest absolute Gasteiger partial charge is 0.329 e. The normalized spacial score (nSPS) is 9.94. The van der Waals surface area contributed by atoms with Crippen molar-refractivity contribution in [2.24, 2.45) is 5.73 Å². The number of nitrogens with one attached hydrogen (secondary N) is 1. The maximum atomic E-state index is 11.4. The highest BCUT2D eigenvalue weighted by molar-refractivity contribution is 5.92. The molecule has 1 aromatic carbocycles. The Morgan fingerprint density at radius 2 is 2.00 bits per heavy atom. The molecule has 0 aliphatic rings. The highest BCUT2D eigenvalue weighted by Crippen LogP contribution is 2.13. The monoisotopic (exact) mass is 238 g/mol. The maximum absolute atomic E-state index is 11.4. The molecule has 0 atom stereocenters. The zero-order chi connectivity index (χ0) is 12.7. The highest BCUT2D eigenvalue weighted by atomic mass is 16.5. The number of anilines is 1. The van der Waals surface area contributed by atoms with E-state index in [1.54, 1.807) is 18.2 Å². The first kappa shape index (κ1) is 13.1. The number of carbonyl (C=O) groups excluding carboxylic acids is 1. The minimum atomic E-state index is -1.11. The molecule has 1 rings (SSSR count). The Bertz CT molecular complexity index is 406. The van der Waals surface area contributed by atoms with Gasteiger partial charge in [-0.05, 0) is 11.6 Å². The third kappa shape index (κ3) is 4.62. The van der Waals surface area contributed by atoms with Crippen LogP contribution in [0.1, 0.15) is 5.56 Å². The van der Waals surface area contributed by atoms with Gasteiger partial charge in [-0.2, -0.15) is 0 Å². The van der Waals surface area contributed by atoms with Gasteiger partial charge in [0.05, 0.1) is 0 Å². The van der Waals surface area contributed by atoms with Gasteiger partial charge in [0.1, 0.15) is 13.2 Å². The Morgan fingerprint density at radius 1 is 1.29 bits per heavy atom. The van der Waals surface area contributed by atoms with Crippen LogP contribution in [0, 0.1) is 0 Å². The van der Waals surface area contributed by atoms with Crippen molar-refractivity contribution in [2.45, 2.75) is 6.54 Å². The van der Waals surface area contributed by atoms with Crippen molar-refractivity contribution >= 4 is 17.6 Å². The summed E-state index contributed by atoms with van der Waals surface area (Å²) in [6.45, 7) is -0.483. The fourth-order valence-electron chi connectivity index (χ4n) is 1.24. The number of hydrogen-bond donors (Lipinski definition) is 3. The second-order valence-electron chi connectivity index (χ2n) is 3.30. The van der Waals surface area contributed by atoms with Crippen molar-refractivity contribution in [1.82, 2.24) is 0 Å². The number of benzene rings is 1. The van der Waals surface area contributed by atoms with Crippen LogP contribution in [0.2, 0.25) is 0 Å². The maximum Gasteiger partial charge on any atom is 0.329 e. The summed E-state index contributed by atoms with van der Waals surface area (Å²) in [5, 5.41) is 10.9. The molecule has 92 valence electrons. The first-order chi connectivity index (χ1) is 8.13. The number of carbonyl (C=O) groups is 2. The summed E-state index contributed by atoms with van der Waals surface area (Å²) in [5.41, 5.74) is 6.92. The summed E-state index contributed by atoms with van der Waals surface area (Å²) in [6.07, 6.45) is 0. The van der Waals surface area contributed by atoms with E-state index in [-0.39, 0.29) is 6.61 Å². The van der Waals surface area contributed by atoms with Gasteiger partial charge >= 0.3 is 5.97 Å². The molecule has 4 N–H and O–H groups in total. The fraction of sp³-hybridized carbons (Fsp3) is 0.273. The predicted octanol–water partition coefficient (Wildman–Crippen LogP) is 0.185. The topological polar surface area (TPSA) is 102 Å². The van der Waals surface area contributed by atoms with Gasteiger partial charge in [-0.1, -0.05) is 18.2 Å². The number of carboxylic acids is 1. The fourth-order valence-corrected chi connectivity index (χ4v) is 1.24. The van der Waals surface area contributed by atoms with E-state index in [1.165, 1.54) is 0 Å². The van der Waals surface area contributed by atoms with Gasteiger partial charge in [0.15, 0.2) is 0 Å². The summed E-state index contributed by atoms with van der Waals surface area (Å²) in [4.78, 5) is 21.6. The molecular weight excluding hydrogens is 224 g/mol. The molecule has 6 nitrogen and oxygen atoms in total. The number of rotatable bonds is 6. The zero-order valence-electron chi connectivity index (χ0n) is 9.18. The molecule has 1 amide bonds. The number of nitrogens with two attached hydrogens (primary N) is 1. The van der Waals surface area contributed by atoms with Crippen molar-refractivity contribution in [1.29, 1.82) is 0 Å². The van der Waals surface area contributed by atoms with Crippen LogP contribution in [-0.4, -0.2) is 30.2 Å². The van der Waals surface area contributed by atoms with E-state index in [0.717, 1.165) is 5.56 Å². The van der Waals surface area contributed by atoms with Crippen LogP contribution in [0.25, 0.3) is 0 Å². The lowest BCUT2D eigenvalue weighted by molar-refractivity contribution is -0.143. The molecule has 0 fully saturated rings. The Labute approximate surface area is 98.4 Å². The molecule has 0 aromatic heterocycles. The molecule has 0 bridgehead atoms. The molecule has 0 saturated heterocycles. The molecule has 17 heavy (non-hydrogen) atoms. The van der Waals surface area contributed by atoms with Crippen molar-refractivity contribution < 1.29 is 19.4 Å². The van der Waals surface area contributed by atoms with E-state index in [9.17, 15) is 9.59 Å². The number of ether oxygens (including phenoxy) is 1. The van der Waals surface area contributed by atoms with Crippen molar-refractivity contribution in [3.05, 3.63) is 29.8 Å². The van der Waals surface area contributed by atoms with E-state index in [0.29, 0.717) is 12.2 Å². The Kier molecular flexibility index (Phi) is 5.12. The van der Waals surface area contributed by atoms with Crippen LogP contribution < -0.4 is 11.1 Å². The minimum absolute atomic E-state index is 0.300. The molecule has 0 spiro atoms. The Balaban J connectivity index is 2.47. The summed E-state index contributed by atoms with van der Waals surface area (Å²) in [5.74, 6) is -1.52. The number of hydrogen-bond acceptors (Lipinski definition) is 4. The average Bonchev–Trinajstić information content (AvgIpc) is 2.29. The van der Waals surface area contributed by atoms with E-state index >= 15 is 0 Å². The summed E-state index contributed by atoms with van der Waals surface area (Å²) < 4.78 is 4.66. The van der Waals surface area contributed by atoms with Gasteiger partial charge in [-0.25, -0.2) is 4.79 Å². The van der Waals surface area contributed by atoms with Crippen LogP contribution in [0.5, 0.6) is 0 Å². The molecule has 0 heterocycles. The third-order valence-electron chi connectivity index (χ3n) is 1.97. The van der Waals surface area contributed by atoms with Crippen LogP contribution in [0.15, 0.2) is 24.3 Å². The number of aliphatic carboxylic acids is 1. The van der Waals surface area contributed by atoms with E-state index in [2.05, 4.69) is 10.1 Å². The number of amides is 1. The number of para-hydroxylation sites is 1. The van der Waals surface area contributed by atoms with Crippen LogP contribution in [0.3, 0.4) is 0 Å². The van der Waals surface area contributed by atoms with Gasteiger partial charge in [-0.3, -0.25) is 4.79 Å². The molecule has 0 unspecified atom stereocenters. The van der Waals surface area contributed by atoms with Crippen molar-refractivity contribution in [2.75, 3.05) is 18.5 Å². The Hall–Kier alpha value is -1.92. The SMILES string of the molecule is NCc1ccccc1NC(=O)COCC(=O)O. The summed E-state index contributed by atoms with van der Waals surface area (Å²) in [6, 6.07) is 7.11. The quantitative estimate of drug-likeness (QED) is 0.656. The van der Waals surface area contributed by atoms with E-state index < -0.39 is 18.5 Å². The van der Waals surface area contributed by atoms with E-state index in [4.69, 9.17) is 10.8 Å². The zero-order valence-corrected chi connectivity index (χ0v) is 9.18. The van der Waals surface area contributed by atoms with Gasteiger partial charge in [0.2, 0.25) is 5.91 Å². The van der Waals surface area contributed by atoms with Gasteiger partial charge in [-0.15, -0.1) is 0 Å². The molecule has 6 heteroatoms. The lowest BCUT2D eigenvalue weighted by Gasteiger charge is -2.09. The second kappa shape index (κ2) is 6.62. The number of carboxylic acid groups (broad SMARTS) is 1. The first-order valence-electron chi connectivity index (χ1n) is 5.01. The van der Waals surface area contributed by atoms with Gasteiger partial charge < -0.3 is 20.9 Å². The largest absolute Gasteiger partial charge is 0.480 e. The first-order valence-corrected chi connectivity index (χ1v) is 5.01. The lowest BCUT2D eigenvalue weighted by atomic mass is 10.2. The van der Waals surface area contributed by atoms with Crippen LogP contribution >= 0.6 is 0 Å². The second-order valence-corrected chi connectivity index (χ2v) is 3.30. The summed E-state index contributed by atoms with van der Waals surface area (Å²) in [7, 11) is 0. The standard InChI is InChI=1S/C11H14N2O4/c12-5-8-3-1-2-4-9(8)13-10(14)6-17-7-11(15)16/h1-4H,5-7,12H2,(H,13,14)(H,15,16). The summed E-state index contributed by atoms with van der Waals surface area (Å²) >= 11 is 0. The minimum Gasteiger partial charge on any atom is -0.480 e. The van der Waals surface area contributed by atoms with Gasteiger partial charge in [0.25, 0.3) is 0 Å². The third-order valence-corrected chi connectivity index (χ3v) is 1.97. The van der Waals surface area contributed by atoms with Crippen molar-refractivity contribution in [3.8, 4) is 0 Å². The van der Waals surface area contributed by atoms with Crippen LogP contribution in [0.4, 0.5) is 5.69 Å². The lowest BCUT2D eigenvalue weighted by Crippen LogP contribution is -2.21. The molecule has 1 aromatic rings. The Morgan fingerprint density at radius 3 is 2.65 bits per heavy atom. The molecule has 0 radical (unpaired) electrons. The van der Waals surface area contributed by atoms with Gasteiger partial charge in [0, 0.05) is 12.2 Å². The molecular formula is C11H14N2O4. The molecule has 0 aliphatic carbocycles. The highest BCUT2D eigenvalue weighted by Gasteiger charge is 2.06. The average molecular weight is 238 g/mol.